The first-order chi connectivity index (χ1) is 3.98. The highest BCUT2D eigenvalue weighted by atomic mass is 17.1. The fraction of sp³-hybridized carbons (Fsp3) is 1.00. The van der Waals surface area contributed by atoms with Gasteiger partial charge in [-0.3, -0.25) is 0 Å². The summed E-state index contributed by atoms with van der Waals surface area (Å²) in [4.78, 5) is 3.37. The third-order valence-electron chi connectivity index (χ3n) is 1.04. The highest BCUT2D eigenvalue weighted by molar-refractivity contribution is 4.74. The van der Waals surface area contributed by atoms with E-state index in [1.807, 2.05) is 0 Å². The molecule has 0 aromatic rings. The van der Waals surface area contributed by atoms with Crippen LogP contribution >= 0.6 is 0 Å². The number of aliphatic hydroxyl groups excluding tert-OH is 1. The van der Waals surface area contributed by atoms with Crippen LogP contribution in [-0.2, 0) is 10.1 Å². The number of hydrogen-bond donors (Lipinski definition) is 2. The average molecular weight is 135 g/mol. The largest absolute Gasteiger partial charge is 0.388 e. The maximum Gasteiger partial charge on any atom is 0.114 e. The molecule has 0 aromatic carbocycles. The SMILES string of the molecule is CC(C)(O)C(O)CO[O]. The lowest BCUT2D eigenvalue weighted by atomic mass is 10.0. The van der Waals surface area contributed by atoms with Crippen LogP contribution in [0.4, 0.5) is 0 Å². The van der Waals surface area contributed by atoms with Crippen molar-refractivity contribution in [1.82, 2.24) is 0 Å². The molecule has 1 unspecified atom stereocenters. The number of hydrogen-bond acceptors (Lipinski definition) is 3. The summed E-state index contributed by atoms with van der Waals surface area (Å²) in [6.45, 7) is 2.41. The Balaban J connectivity index is 3.59. The van der Waals surface area contributed by atoms with Crippen molar-refractivity contribution >= 4 is 0 Å². The molecular weight excluding hydrogens is 124 g/mol. The summed E-state index contributed by atoms with van der Waals surface area (Å²) < 4.78 is 0. The van der Waals surface area contributed by atoms with Gasteiger partial charge in [0.25, 0.3) is 0 Å². The van der Waals surface area contributed by atoms with Crippen LogP contribution in [0.3, 0.4) is 0 Å². The summed E-state index contributed by atoms with van der Waals surface area (Å²) in [5.41, 5.74) is -1.26. The van der Waals surface area contributed by atoms with Crippen molar-refractivity contribution in [3.05, 3.63) is 0 Å². The molecule has 0 aliphatic rings. The van der Waals surface area contributed by atoms with Gasteiger partial charge in [-0.2, -0.15) is 0 Å². The Bertz CT molecular complexity index is 75.5. The van der Waals surface area contributed by atoms with E-state index in [1.54, 1.807) is 0 Å². The van der Waals surface area contributed by atoms with E-state index < -0.39 is 11.7 Å². The fourth-order valence-corrected chi connectivity index (χ4v) is 0.268. The van der Waals surface area contributed by atoms with E-state index in [9.17, 15) is 5.26 Å². The number of aliphatic hydroxyl groups is 2. The van der Waals surface area contributed by atoms with Crippen molar-refractivity contribution in [2.24, 2.45) is 0 Å². The lowest BCUT2D eigenvalue weighted by Crippen LogP contribution is -2.38. The van der Waals surface area contributed by atoms with Crippen LogP contribution in [0, 0.1) is 0 Å². The van der Waals surface area contributed by atoms with E-state index in [-0.39, 0.29) is 6.61 Å². The zero-order valence-electron chi connectivity index (χ0n) is 5.50. The quantitative estimate of drug-likeness (QED) is 0.404. The third kappa shape index (κ3) is 3.42. The molecule has 9 heavy (non-hydrogen) atoms. The molecule has 0 saturated carbocycles. The predicted molar refractivity (Wildman–Crippen MR) is 28.9 cm³/mol. The molecule has 0 heterocycles. The fourth-order valence-electron chi connectivity index (χ4n) is 0.268. The molecule has 4 nitrogen and oxygen atoms in total. The van der Waals surface area contributed by atoms with Crippen molar-refractivity contribution in [2.75, 3.05) is 6.61 Å². The molecule has 0 rings (SSSR count). The molecule has 0 spiro atoms. The van der Waals surface area contributed by atoms with Crippen molar-refractivity contribution in [3.63, 3.8) is 0 Å². The lowest BCUT2D eigenvalue weighted by molar-refractivity contribution is -0.321. The summed E-state index contributed by atoms with van der Waals surface area (Å²) >= 11 is 0. The molecule has 0 fully saturated rings. The summed E-state index contributed by atoms with van der Waals surface area (Å²) in [7, 11) is 0. The van der Waals surface area contributed by atoms with Gasteiger partial charge in [0.15, 0.2) is 0 Å². The molecule has 1 atom stereocenters. The molecule has 0 saturated heterocycles. The van der Waals surface area contributed by atoms with E-state index in [0.717, 1.165) is 0 Å². The summed E-state index contributed by atoms with van der Waals surface area (Å²) in [6, 6.07) is 0. The topological polar surface area (TPSA) is 69.6 Å². The van der Waals surface area contributed by atoms with Crippen molar-refractivity contribution < 1.29 is 20.4 Å². The van der Waals surface area contributed by atoms with E-state index in [1.165, 1.54) is 13.8 Å². The Hall–Kier alpha value is -0.160. The van der Waals surface area contributed by atoms with Gasteiger partial charge in [0, 0.05) is 0 Å². The van der Waals surface area contributed by atoms with Gasteiger partial charge in [-0.15, -0.1) is 0 Å². The molecule has 0 aromatic heterocycles. The first kappa shape index (κ1) is 8.84. The minimum Gasteiger partial charge on any atom is -0.388 e. The van der Waals surface area contributed by atoms with Gasteiger partial charge >= 0.3 is 0 Å². The zero-order valence-corrected chi connectivity index (χ0v) is 5.50. The van der Waals surface area contributed by atoms with Crippen molar-refractivity contribution in [1.29, 1.82) is 0 Å². The van der Waals surface area contributed by atoms with E-state index in [4.69, 9.17) is 10.2 Å². The van der Waals surface area contributed by atoms with Crippen LogP contribution in [0.5, 0.6) is 0 Å². The zero-order chi connectivity index (χ0) is 7.49. The van der Waals surface area contributed by atoms with Crippen LogP contribution in [-0.4, -0.2) is 28.5 Å². The van der Waals surface area contributed by atoms with E-state index >= 15 is 0 Å². The highest BCUT2D eigenvalue weighted by Gasteiger charge is 2.24. The first-order valence-corrected chi connectivity index (χ1v) is 2.63. The van der Waals surface area contributed by atoms with Gasteiger partial charge in [0.05, 0.1) is 5.60 Å². The van der Waals surface area contributed by atoms with Gasteiger partial charge in [0.1, 0.15) is 12.7 Å². The van der Waals surface area contributed by atoms with Crippen molar-refractivity contribution in [3.8, 4) is 0 Å². The maximum absolute atomic E-state index is 9.42. The standard InChI is InChI=1S/C5H11O4/c1-5(2,7)4(6)3-9-8/h4,6-7H,3H2,1-2H3. The normalized spacial score (nSPS) is 15.7. The summed E-state index contributed by atoms with van der Waals surface area (Å²) in [5, 5.41) is 27.2. The van der Waals surface area contributed by atoms with Crippen LogP contribution in [0.25, 0.3) is 0 Å². The average Bonchev–Trinajstić information content (AvgIpc) is 1.64. The highest BCUT2D eigenvalue weighted by Crippen LogP contribution is 2.07. The molecule has 2 N–H and O–H groups in total. The van der Waals surface area contributed by atoms with Gasteiger partial charge < -0.3 is 10.2 Å². The Morgan fingerprint density at radius 2 is 2.11 bits per heavy atom. The minimum absolute atomic E-state index is 0.385. The molecule has 0 amide bonds. The molecule has 0 aliphatic heterocycles. The Morgan fingerprint density at radius 3 is 2.22 bits per heavy atom. The van der Waals surface area contributed by atoms with Crippen LogP contribution in [0.15, 0.2) is 0 Å². The summed E-state index contributed by atoms with van der Waals surface area (Å²) in [6.07, 6.45) is -1.12. The van der Waals surface area contributed by atoms with Crippen LogP contribution < -0.4 is 0 Å². The van der Waals surface area contributed by atoms with Gasteiger partial charge in [0.2, 0.25) is 0 Å². The summed E-state index contributed by atoms with van der Waals surface area (Å²) in [5.74, 6) is 0. The van der Waals surface area contributed by atoms with Crippen molar-refractivity contribution in [2.45, 2.75) is 25.6 Å². The molecule has 1 radical (unpaired) electrons. The van der Waals surface area contributed by atoms with Gasteiger partial charge in [-0.25, -0.2) is 4.89 Å². The minimum atomic E-state index is -1.26. The van der Waals surface area contributed by atoms with Crippen LogP contribution in [0.2, 0.25) is 0 Å². The monoisotopic (exact) mass is 135 g/mol. The molecule has 0 bridgehead atoms. The smallest absolute Gasteiger partial charge is 0.114 e. The third-order valence-corrected chi connectivity index (χ3v) is 1.04. The second kappa shape index (κ2) is 3.12. The number of rotatable bonds is 3. The molecule has 55 valence electrons. The Labute approximate surface area is 53.6 Å². The second-order valence-electron chi connectivity index (χ2n) is 2.45. The Kier molecular flexibility index (Phi) is 3.07. The predicted octanol–water partition coefficient (Wildman–Crippen LogP) is -0.520. The van der Waals surface area contributed by atoms with Crippen LogP contribution in [0.1, 0.15) is 13.8 Å². The molecule has 0 aliphatic carbocycles. The van der Waals surface area contributed by atoms with Gasteiger partial charge in [-0.1, -0.05) is 0 Å². The molecular formula is C5H11O4. The van der Waals surface area contributed by atoms with E-state index in [0.29, 0.717) is 0 Å². The van der Waals surface area contributed by atoms with E-state index in [2.05, 4.69) is 4.89 Å². The second-order valence-corrected chi connectivity index (χ2v) is 2.45. The molecule has 4 heteroatoms. The first-order valence-electron chi connectivity index (χ1n) is 2.63. The lowest BCUT2D eigenvalue weighted by Gasteiger charge is -2.22. The van der Waals surface area contributed by atoms with Gasteiger partial charge in [-0.05, 0) is 19.1 Å². The maximum atomic E-state index is 9.42. The Morgan fingerprint density at radius 1 is 1.67 bits per heavy atom.